The zero-order valence-corrected chi connectivity index (χ0v) is 32.7. The highest BCUT2D eigenvalue weighted by Gasteiger charge is 2.39. The number of anilines is 2. The maximum atomic E-state index is 6.60. The molecule has 11 rings (SSSR count). The Bertz CT molecular complexity index is 3140. The van der Waals surface area contributed by atoms with Gasteiger partial charge >= 0.3 is 0 Å². The van der Waals surface area contributed by atoms with Gasteiger partial charge in [-0.05, 0) is 75.4 Å². The van der Waals surface area contributed by atoms with Crippen LogP contribution in [0.25, 0.3) is 78.4 Å². The number of fused-ring (bicyclic) bond motifs is 6. The van der Waals surface area contributed by atoms with E-state index in [0.717, 1.165) is 77.7 Å². The van der Waals surface area contributed by atoms with Crippen molar-refractivity contribution in [3.63, 3.8) is 0 Å². The van der Waals surface area contributed by atoms with Crippen LogP contribution in [0, 0.1) is 0 Å². The number of hydrogen-bond donors (Lipinski definition) is 0. The van der Waals surface area contributed by atoms with Crippen molar-refractivity contribution in [2.75, 3.05) is 4.90 Å². The van der Waals surface area contributed by atoms with Gasteiger partial charge in [-0.25, -0.2) is 15.0 Å². The fourth-order valence-corrected chi connectivity index (χ4v) is 8.93. The van der Waals surface area contributed by atoms with E-state index in [1.165, 1.54) is 11.3 Å². The molecule has 1 aliphatic heterocycles. The molecule has 0 saturated carbocycles. The molecule has 5 nitrogen and oxygen atoms in total. The minimum absolute atomic E-state index is 0.135. The fraction of sp³-hybridized carbons (Fsp3) is 0.0364. The van der Waals surface area contributed by atoms with Crippen LogP contribution in [0.1, 0.15) is 11.5 Å². The minimum Gasteiger partial charge on any atom is -0.456 e. The molecule has 1 aliphatic carbocycles. The zero-order valence-electron chi connectivity index (χ0n) is 32.7. The van der Waals surface area contributed by atoms with Crippen LogP contribution in [0.3, 0.4) is 0 Å². The molecule has 0 N–H and O–H groups in total. The lowest BCUT2D eigenvalue weighted by atomic mass is 9.84. The smallest absolute Gasteiger partial charge is 0.164 e. The number of para-hydroxylation sites is 1. The normalized spacial score (nSPS) is 15.6. The second kappa shape index (κ2) is 14.5. The summed E-state index contributed by atoms with van der Waals surface area (Å²) in [6.07, 6.45) is 8.55. The van der Waals surface area contributed by atoms with E-state index in [1.807, 2.05) is 72.8 Å². The highest BCUT2D eigenvalue weighted by Crippen LogP contribution is 2.50. The Hall–Kier alpha value is -7.89. The van der Waals surface area contributed by atoms with Crippen molar-refractivity contribution in [2.24, 2.45) is 0 Å². The van der Waals surface area contributed by atoms with Crippen LogP contribution in [0.2, 0.25) is 0 Å². The molecule has 0 spiro atoms. The van der Waals surface area contributed by atoms with E-state index >= 15 is 0 Å². The standard InChI is InChI=1S/C55H38N4O/c1-3-35-32-47-45-21-11-12-23-48(45)59(49(47)33-36(35)4-2)43-20-13-19-41(31-43)42-29-30-46-51(34-42)60-50-24-14-22-44(52(46)50)37-25-27-40(28-26-37)55-57-53(38-15-7-5-8-16-38)56-54(58-55)39-17-9-6-10-18-39/h3-34,47,49H,1-2H2. The number of rotatable bonds is 8. The Kier molecular flexibility index (Phi) is 8.52. The Morgan fingerprint density at radius 3 is 1.75 bits per heavy atom. The largest absolute Gasteiger partial charge is 0.456 e. The molecule has 0 bridgehead atoms. The molecule has 2 atom stereocenters. The van der Waals surface area contributed by atoms with E-state index < -0.39 is 0 Å². The predicted molar refractivity (Wildman–Crippen MR) is 246 cm³/mol. The third-order valence-electron chi connectivity index (χ3n) is 11.8. The number of aromatic nitrogens is 3. The van der Waals surface area contributed by atoms with Gasteiger partial charge in [0.25, 0.3) is 0 Å². The maximum Gasteiger partial charge on any atom is 0.164 e. The minimum atomic E-state index is 0.135. The molecule has 5 heteroatoms. The molecular formula is C55H38N4O. The Balaban J connectivity index is 0.938. The van der Waals surface area contributed by atoms with E-state index in [-0.39, 0.29) is 12.0 Å². The van der Waals surface area contributed by atoms with E-state index in [9.17, 15) is 0 Å². The summed E-state index contributed by atoms with van der Waals surface area (Å²) in [6.45, 7) is 8.19. The summed E-state index contributed by atoms with van der Waals surface area (Å²) in [6, 6.07) is 59.2. The molecule has 0 radical (unpaired) electrons. The summed E-state index contributed by atoms with van der Waals surface area (Å²) in [5.41, 5.74) is 14.8. The van der Waals surface area contributed by atoms with Gasteiger partial charge in [0.15, 0.2) is 17.5 Å². The van der Waals surface area contributed by atoms with Crippen LogP contribution < -0.4 is 4.90 Å². The Morgan fingerprint density at radius 1 is 0.483 bits per heavy atom. The van der Waals surface area contributed by atoms with Gasteiger partial charge in [-0.2, -0.15) is 0 Å². The van der Waals surface area contributed by atoms with Gasteiger partial charge in [0.1, 0.15) is 11.2 Å². The van der Waals surface area contributed by atoms with E-state index in [2.05, 4.69) is 139 Å². The first-order valence-electron chi connectivity index (χ1n) is 20.2. The molecule has 2 aliphatic rings. The molecule has 9 aromatic rings. The second-order valence-corrected chi connectivity index (χ2v) is 15.3. The van der Waals surface area contributed by atoms with E-state index in [1.54, 1.807) is 0 Å². The van der Waals surface area contributed by atoms with Gasteiger partial charge in [-0.15, -0.1) is 0 Å². The van der Waals surface area contributed by atoms with E-state index in [0.29, 0.717) is 17.5 Å². The van der Waals surface area contributed by atoms with Crippen molar-refractivity contribution in [3.8, 4) is 56.4 Å². The topological polar surface area (TPSA) is 55.1 Å². The average Bonchev–Trinajstić information content (AvgIpc) is 3.86. The number of hydrogen-bond acceptors (Lipinski definition) is 5. The van der Waals surface area contributed by atoms with Crippen molar-refractivity contribution in [1.29, 1.82) is 0 Å². The highest BCUT2D eigenvalue weighted by atomic mass is 16.3. The van der Waals surface area contributed by atoms with Crippen LogP contribution in [-0.2, 0) is 0 Å². The molecule has 2 unspecified atom stereocenters. The highest BCUT2D eigenvalue weighted by molar-refractivity contribution is 6.13. The van der Waals surface area contributed by atoms with Gasteiger partial charge in [0.05, 0.1) is 6.04 Å². The van der Waals surface area contributed by atoms with Crippen LogP contribution in [0.4, 0.5) is 11.4 Å². The molecular weight excluding hydrogens is 733 g/mol. The molecule has 284 valence electrons. The van der Waals surface area contributed by atoms with Crippen molar-refractivity contribution in [1.82, 2.24) is 15.0 Å². The molecule has 60 heavy (non-hydrogen) atoms. The quantitative estimate of drug-likeness (QED) is 0.154. The summed E-state index contributed by atoms with van der Waals surface area (Å²) in [4.78, 5) is 17.2. The first-order valence-corrected chi connectivity index (χ1v) is 20.2. The summed E-state index contributed by atoms with van der Waals surface area (Å²) in [7, 11) is 0. The summed E-state index contributed by atoms with van der Waals surface area (Å²) < 4.78 is 6.60. The lowest BCUT2D eigenvalue weighted by Gasteiger charge is -2.31. The van der Waals surface area contributed by atoms with Crippen LogP contribution in [0.15, 0.2) is 223 Å². The molecule has 7 aromatic carbocycles. The van der Waals surface area contributed by atoms with Crippen molar-refractivity contribution in [2.45, 2.75) is 12.0 Å². The van der Waals surface area contributed by atoms with Gasteiger partial charge < -0.3 is 9.32 Å². The lowest BCUT2D eigenvalue weighted by Crippen LogP contribution is -2.29. The molecule has 0 amide bonds. The van der Waals surface area contributed by atoms with Gasteiger partial charge in [0, 0.05) is 44.8 Å². The van der Waals surface area contributed by atoms with Crippen molar-refractivity contribution < 1.29 is 4.42 Å². The predicted octanol–water partition coefficient (Wildman–Crippen LogP) is 13.9. The van der Waals surface area contributed by atoms with Gasteiger partial charge in [-0.1, -0.05) is 171 Å². The average molecular weight is 771 g/mol. The maximum absolute atomic E-state index is 6.60. The first kappa shape index (κ1) is 35.3. The number of nitrogens with zero attached hydrogens (tertiary/aromatic N) is 4. The van der Waals surface area contributed by atoms with Gasteiger partial charge in [0.2, 0.25) is 0 Å². The second-order valence-electron chi connectivity index (χ2n) is 15.3. The molecule has 0 fully saturated rings. The number of benzene rings is 7. The molecule has 3 heterocycles. The Morgan fingerprint density at radius 2 is 1.05 bits per heavy atom. The van der Waals surface area contributed by atoms with Crippen LogP contribution >= 0.6 is 0 Å². The number of furan rings is 1. The third-order valence-corrected chi connectivity index (χ3v) is 11.8. The SMILES string of the molecule is C=CC1=CC2c3ccccc3N(c3cccc(-c4ccc5c(c4)oc4cccc(-c6ccc(-c7nc(-c8ccccc8)nc(-c8ccccc8)n7)cc6)c45)c3)C2C=C1C=C. The summed E-state index contributed by atoms with van der Waals surface area (Å²) >= 11 is 0. The zero-order chi connectivity index (χ0) is 40.2. The molecule has 2 aromatic heterocycles. The van der Waals surface area contributed by atoms with Crippen LogP contribution in [-0.4, -0.2) is 21.0 Å². The lowest BCUT2D eigenvalue weighted by molar-refractivity contribution is 0.669. The number of allylic oxidation sites excluding steroid dienone is 4. The van der Waals surface area contributed by atoms with Crippen LogP contribution in [0.5, 0.6) is 0 Å². The van der Waals surface area contributed by atoms with E-state index in [4.69, 9.17) is 19.4 Å². The summed E-state index contributed by atoms with van der Waals surface area (Å²) in [5, 5.41) is 2.17. The van der Waals surface area contributed by atoms with Crippen molar-refractivity contribution in [3.05, 3.63) is 224 Å². The third kappa shape index (κ3) is 5.98. The summed E-state index contributed by atoms with van der Waals surface area (Å²) in [5.74, 6) is 2.13. The monoisotopic (exact) mass is 770 g/mol. The fourth-order valence-electron chi connectivity index (χ4n) is 8.93. The van der Waals surface area contributed by atoms with Crippen molar-refractivity contribution >= 4 is 33.3 Å². The Labute approximate surface area is 348 Å². The molecule has 0 saturated heterocycles. The van der Waals surface area contributed by atoms with Gasteiger partial charge in [-0.3, -0.25) is 0 Å². The first-order chi connectivity index (χ1) is 29.6.